The van der Waals surface area contributed by atoms with E-state index in [9.17, 15) is 0 Å². The Hall–Kier alpha value is -1.07. The van der Waals surface area contributed by atoms with Crippen LogP contribution in [0.3, 0.4) is 0 Å². The Kier molecular flexibility index (Phi) is 6.26. The number of hydrogen-bond donors (Lipinski definition) is 2. The fourth-order valence-corrected chi connectivity index (χ4v) is 3.08. The van der Waals surface area contributed by atoms with Crippen molar-refractivity contribution in [3.63, 3.8) is 0 Å². The Morgan fingerprint density at radius 3 is 2.41 bits per heavy atom. The molecule has 2 aromatic rings. The number of halogens is 3. The van der Waals surface area contributed by atoms with E-state index in [4.69, 9.17) is 47.0 Å². The monoisotopic (exact) mass is 373 g/mol. The molecule has 0 saturated heterocycles. The summed E-state index contributed by atoms with van der Waals surface area (Å²) in [5.74, 6) is 0.616. The van der Waals surface area contributed by atoms with E-state index in [2.05, 4.69) is 15.6 Å². The molecule has 1 atom stereocenters. The van der Waals surface area contributed by atoms with Crippen molar-refractivity contribution >= 4 is 58.0 Å². The number of hydrogen-bond acceptors (Lipinski definition) is 2. The summed E-state index contributed by atoms with van der Waals surface area (Å²) in [6.07, 6.45) is 1.64. The molecule has 0 aliphatic rings. The molecule has 0 spiro atoms. The van der Waals surface area contributed by atoms with Crippen molar-refractivity contribution < 1.29 is 0 Å². The van der Waals surface area contributed by atoms with Crippen molar-refractivity contribution in [2.45, 2.75) is 12.8 Å². The van der Waals surface area contributed by atoms with Gasteiger partial charge in [0.25, 0.3) is 0 Å². The standard InChI is InChI=1S/C15H14Cl3N3S/c1-9(13-10(16)4-2-5-11(13)17)8-20-15(22)21-14-12(18)6-3-7-19-14/h2-7,9H,8H2,1H3,(H2,19,20,21,22). The maximum atomic E-state index is 6.20. The van der Waals surface area contributed by atoms with Crippen LogP contribution in [0.15, 0.2) is 36.5 Å². The van der Waals surface area contributed by atoms with Gasteiger partial charge in [0.15, 0.2) is 10.9 Å². The number of benzene rings is 1. The van der Waals surface area contributed by atoms with Gasteiger partial charge in [-0.05, 0) is 42.0 Å². The zero-order valence-corrected chi connectivity index (χ0v) is 14.8. The molecule has 0 radical (unpaired) electrons. The van der Waals surface area contributed by atoms with E-state index >= 15 is 0 Å². The van der Waals surface area contributed by atoms with Gasteiger partial charge in [-0.1, -0.05) is 47.8 Å². The highest BCUT2D eigenvalue weighted by molar-refractivity contribution is 7.80. The first kappa shape index (κ1) is 17.3. The molecule has 0 aliphatic carbocycles. The van der Waals surface area contributed by atoms with Crippen LogP contribution in [0, 0.1) is 0 Å². The molecule has 0 amide bonds. The fraction of sp³-hybridized carbons (Fsp3) is 0.200. The topological polar surface area (TPSA) is 37.0 Å². The lowest BCUT2D eigenvalue weighted by molar-refractivity contribution is 0.724. The zero-order chi connectivity index (χ0) is 16.1. The second kappa shape index (κ2) is 7.97. The molecule has 1 aromatic heterocycles. The SMILES string of the molecule is CC(CNC(=S)Nc1ncccc1Cl)c1c(Cl)cccc1Cl. The van der Waals surface area contributed by atoms with Crippen LogP contribution in [0.1, 0.15) is 18.4 Å². The molecular weight excluding hydrogens is 361 g/mol. The molecule has 0 bridgehead atoms. The third-order valence-corrected chi connectivity index (χ3v) is 4.26. The minimum absolute atomic E-state index is 0.0974. The smallest absolute Gasteiger partial charge is 0.172 e. The average Bonchev–Trinajstić information content (AvgIpc) is 2.47. The molecule has 1 heterocycles. The molecule has 116 valence electrons. The molecule has 0 saturated carbocycles. The van der Waals surface area contributed by atoms with Crippen LogP contribution < -0.4 is 10.6 Å². The predicted molar refractivity (Wildman–Crippen MR) is 98.3 cm³/mol. The highest BCUT2D eigenvalue weighted by Gasteiger charge is 2.14. The van der Waals surface area contributed by atoms with E-state index in [1.54, 1.807) is 18.3 Å². The van der Waals surface area contributed by atoms with Crippen molar-refractivity contribution in [1.82, 2.24) is 10.3 Å². The van der Waals surface area contributed by atoms with Crippen molar-refractivity contribution in [1.29, 1.82) is 0 Å². The summed E-state index contributed by atoms with van der Waals surface area (Å²) in [6, 6.07) is 8.97. The van der Waals surface area contributed by atoms with Gasteiger partial charge in [0.2, 0.25) is 0 Å². The van der Waals surface area contributed by atoms with E-state index in [1.807, 2.05) is 25.1 Å². The van der Waals surface area contributed by atoms with Crippen LogP contribution in [0.5, 0.6) is 0 Å². The Labute approximate surface area is 150 Å². The lowest BCUT2D eigenvalue weighted by Crippen LogP contribution is -2.32. The molecule has 2 N–H and O–H groups in total. The molecule has 0 fully saturated rings. The largest absolute Gasteiger partial charge is 0.362 e. The molecule has 22 heavy (non-hydrogen) atoms. The molecule has 0 aliphatic heterocycles. The minimum atomic E-state index is 0.0974. The van der Waals surface area contributed by atoms with E-state index in [-0.39, 0.29) is 5.92 Å². The summed E-state index contributed by atoms with van der Waals surface area (Å²) in [4.78, 5) is 4.12. The summed E-state index contributed by atoms with van der Waals surface area (Å²) in [6.45, 7) is 2.61. The maximum absolute atomic E-state index is 6.20. The summed E-state index contributed by atoms with van der Waals surface area (Å²) < 4.78 is 0. The van der Waals surface area contributed by atoms with E-state index in [0.29, 0.717) is 32.5 Å². The average molecular weight is 375 g/mol. The Morgan fingerprint density at radius 1 is 1.14 bits per heavy atom. The molecule has 2 rings (SSSR count). The quantitative estimate of drug-likeness (QED) is 0.727. The predicted octanol–water partition coefficient (Wildman–Crippen LogP) is 5.13. The Bertz CT molecular complexity index is 659. The number of thiocarbonyl (C=S) groups is 1. The van der Waals surface area contributed by atoms with Gasteiger partial charge in [0, 0.05) is 28.7 Å². The van der Waals surface area contributed by atoms with Gasteiger partial charge in [-0.3, -0.25) is 0 Å². The second-order valence-corrected chi connectivity index (χ2v) is 6.34. The molecule has 1 aromatic carbocycles. The molecule has 7 heteroatoms. The van der Waals surface area contributed by atoms with Crippen LogP contribution in [0.25, 0.3) is 0 Å². The third kappa shape index (κ3) is 4.46. The van der Waals surface area contributed by atoms with Crippen molar-refractivity contribution in [3.8, 4) is 0 Å². The number of rotatable bonds is 4. The summed E-state index contributed by atoms with van der Waals surface area (Å²) in [7, 11) is 0. The van der Waals surface area contributed by atoms with Crippen LogP contribution in [0.2, 0.25) is 15.1 Å². The lowest BCUT2D eigenvalue weighted by atomic mass is 10.0. The van der Waals surface area contributed by atoms with Crippen LogP contribution in [0.4, 0.5) is 5.82 Å². The number of nitrogens with zero attached hydrogens (tertiary/aromatic N) is 1. The molecule has 3 nitrogen and oxygen atoms in total. The first-order valence-electron chi connectivity index (χ1n) is 6.58. The summed E-state index contributed by atoms with van der Waals surface area (Å²) >= 11 is 23.7. The number of aromatic nitrogens is 1. The second-order valence-electron chi connectivity index (χ2n) is 4.71. The highest BCUT2D eigenvalue weighted by atomic mass is 35.5. The third-order valence-electron chi connectivity index (χ3n) is 3.05. The Morgan fingerprint density at radius 2 is 1.77 bits per heavy atom. The Balaban J connectivity index is 1.95. The van der Waals surface area contributed by atoms with Crippen molar-refractivity contribution in [2.75, 3.05) is 11.9 Å². The van der Waals surface area contributed by atoms with Crippen molar-refractivity contribution in [3.05, 3.63) is 57.2 Å². The number of anilines is 1. The normalized spacial score (nSPS) is 11.8. The van der Waals surface area contributed by atoms with E-state index in [0.717, 1.165) is 5.56 Å². The highest BCUT2D eigenvalue weighted by Crippen LogP contribution is 2.30. The van der Waals surface area contributed by atoms with Gasteiger partial charge in [-0.2, -0.15) is 0 Å². The van der Waals surface area contributed by atoms with Gasteiger partial charge in [0.1, 0.15) is 0 Å². The minimum Gasteiger partial charge on any atom is -0.362 e. The van der Waals surface area contributed by atoms with Crippen LogP contribution in [-0.2, 0) is 0 Å². The molecular formula is C15H14Cl3N3S. The van der Waals surface area contributed by atoms with Crippen LogP contribution >= 0.6 is 47.0 Å². The number of nitrogens with one attached hydrogen (secondary N) is 2. The van der Waals surface area contributed by atoms with Gasteiger partial charge in [-0.15, -0.1) is 0 Å². The maximum Gasteiger partial charge on any atom is 0.172 e. The number of pyridine rings is 1. The first-order valence-corrected chi connectivity index (χ1v) is 8.12. The van der Waals surface area contributed by atoms with Gasteiger partial charge in [0.05, 0.1) is 5.02 Å². The van der Waals surface area contributed by atoms with Gasteiger partial charge >= 0.3 is 0 Å². The first-order chi connectivity index (χ1) is 10.5. The molecule has 1 unspecified atom stereocenters. The van der Waals surface area contributed by atoms with Crippen LogP contribution in [-0.4, -0.2) is 16.6 Å². The lowest BCUT2D eigenvalue weighted by Gasteiger charge is -2.17. The van der Waals surface area contributed by atoms with Gasteiger partial charge in [-0.25, -0.2) is 4.98 Å². The zero-order valence-electron chi connectivity index (χ0n) is 11.7. The van der Waals surface area contributed by atoms with E-state index < -0.39 is 0 Å². The van der Waals surface area contributed by atoms with Crippen molar-refractivity contribution in [2.24, 2.45) is 0 Å². The van der Waals surface area contributed by atoms with E-state index in [1.165, 1.54) is 0 Å². The summed E-state index contributed by atoms with van der Waals surface area (Å²) in [5, 5.41) is 8.32. The summed E-state index contributed by atoms with van der Waals surface area (Å²) in [5.41, 5.74) is 0.900. The van der Waals surface area contributed by atoms with Gasteiger partial charge < -0.3 is 10.6 Å². The fourth-order valence-electron chi connectivity index (χ4n) is 1.96.